The van der Waals surface area contributed by atoms with Gasteiger partial charge in [-0.05, 0) is 0 Å². The summed E-state index contributed by atoms with van der Waals surface area (Å²) >= 11 is 0. The van der Waals surface area contributed by atoms with Crippen molar-refractivity contribution < 1.29 is 0 Å². The molecule has 0 saturated heterocycles. The first kappa shape index (κ1) is 3.90. The van der Waals surface area contributed by atoms with Crippen molar-refractivity contribution in [3.63, 3.8) is 0 Å². The third-order valence-corrected chi connectivity index (χ3v) is 1.34. The summed E-state index contributed by atoms with van der Waals surface area (Å²) < 4.78 is 0. The zero-order chi connectivity index (χ0) is 5.40. The van der Waals surface area contributed by atoms with Gasteiger partial charge in [-0.25, -0.2) is 0 Å². The van der Waals surface area contributed by atoms with Gasteiger partial charge >= 0.3 is 0 Å². The van der Waals surface area contributed by atoms with E-state index >= 15 is 0 Å². The summed E-state index contributed by atoms with van der Waals surface area (Å²) in [6, 6.07) is 8.22. The van der Waals surface area contributed by atoms with Gasteiger partial charge in [0.2, 0.25) is 0 Å². The van der Waals surface area contributed by atoms with E-state index in [0.29, 0.717) is 0 Å². The van der Waals surface area contributed by atoms with Crippen molar-refractivity contribution in [2.45, 2.75) is 0 Å². The monoisotopic (exact) mass is 101 g/mol. The fraction of sp³-hybridized carbons (Fsp3) is 0. The Morgan fingerprint density at radius 1 is 1.12 bits per heavy atom. The van der Waals surface area contributed by atoms with Crippen LogP contribution in [-0.2, 0) is 0 Å². The van der Waals surface area contributed by atoms with Crippen LogP contribution in [0.4, 0.5) is 0 Å². The average Bonchev–Trinajstić information content (AvgIpc) is 1.72. The van der Waals surface area contributed by atoms with Gasteiger partial charge in [-0.2, -0.15) is 0 Å². The van der Waals surface area contributed by atoms with Crippen LogP contribution in [0, 0.1) is 6.08 Å². The molecule has 0 unspecified atom stereocenters. The Balaban J connectivity index is 2.69. The van der Waals surface area contributed by atoms with Crippen molar-refractivity contribution in [3.8, 4) is 0 Å². The van der Waals surface area contributed by atoms with Crippen LogP contribution in [0.15, 0.2) is 24.3 Å². The van der Waals surface area contributed by atoms with Crippen LogP contribution < -0.4 is 0 Å². The first-order valence-electron chi connectivity index (χ1n) is 2.65. The fourth-order valence-corrected chi connectivity index (χ4v) is 0.832. The lowest BCUT2D eigenvalue weighted by molar-refractivity contribution is 1.48. The van der Waals surface area contributed by atoms with Crippen molar-refractivity contribution in [3.05, 3.63) is 41.5 Å². The van der Waals surface area contributed by atoms with E-state index in [9.17, 15) is 0 Å². The molecule has 38 valence electrons. The SMILES string of the molecule is [C-]1=Cc2ccccc21. The first-order valence-corrected chi connectivity index (χ1v) is 2.65. The van der Waals surface area contributed by atoms with Gasteiger partial charge < -0.3 is 0 Å². The molecule has 1 aromatic rings. The van der Waals surface area contributed by atoms with Crippen molar-refractivity contribution in [2.75, 3.05) is 0 Å². The second-order valence-electron chi connectivity index (χ2n) is 1.88. The Kier molecular flexibility index (Phi) is 0.595. The molecule has 0 heteroatoms. The van der Waals surface area contributed by atoms with Gasteiger partial charge in [0.1, 0.15) is 0 Å². The van der Waals surface area contributed by atoms with Crippen molar-refractivity contribution in [2.24, 2.45) is 0 Å². The molecular formula is C8H5-. The Hall–Kier alpha value is -1.04. The van der Waals surface area contributed by atoms with E-state index in [-0.39, 0.29) is 0 Å². The Labute approximate surface area is 48.5 Å². The summed E-state index contributed by atoms with van der Waals surface area (Å²) in [6.45, 7) is 0. The lowest BCUT2D eigenvalue weighted by atomic mass is 9.99. The first-order chi connectivity index (χ1) is 3.97. The normalized spacial score (nSPS) is 12.5. The standard InChI is InChI=1S/C8H5/c1-2-4-8-6-5-7(8)3-1/h1-5H/q-1. The highest BCUT2D eigenvalue weighted by atomic mass is 14.0. The third-order valence-electron chi connectivity index (χ3n) is 1.34. The molecule has 8 heavy (non-hydrogen) atoms. The Bertz CT molecular complexity index is 209. The van der Waals surface area contributed by atoms with Gasteiger partial charge in [-0.15, -0.1) is 35.4 Å². The van der Waals surface area contributed by atoms with Crippen LogP contribution in [0.2, 0.25) is 0 Å². The largest absolute Gasteiger partial charge is 0.143 e. The Morgan fingerprint density at radius 2 is 2.00 bits per heavy atom. The van der Waals surface area contributed by atoms with E-state index in [1.165, 1.54) is 11.1 Å². The topological polar surface area (TPSA) is 0 Å². The molecule has 0 amide bonds. The molecule has 0 heterocycles. The lowest BCUT2D eigenvalue weighted by Crippen LogP contribution is -1.87. The van der Waals surface area contributed by atoms with Gasteiger partial charge in [-0.1, -0.05) is 12.1 Å². The molecular weight excluding hydrogens is 96.1 g/mol. The predicted octanol–water partition coefficient (Wildman–Crippen LogP) is 1.86. The summed E-state index contributed by atoms with van der Waals surface area (Å²) in [5.74, 6) is 0. The molecule has 1 aromatic carbocycles. The quantitative estimate of drug-likeness (QED) is 0.444. The summed E-state index contributed by atoms with van der Waals surface area (Å²) in [7, 11) is 0. The van der Waals surface area contributed by atoms with Crippen molar-refractivity contribution in [1.29, 1.82) is 0 Å². The average molecular weight is 101 g/mol. The number of hydrogen-bond acceptors (Lipinski definition) is 0. The van der Waals surface area contributed by atoms with E-state index in [1.54, 1.807) is 0 Å². The molecule has 0 aliphatic heterocycles. The van der Waals surface area contributed by atoms with Crippen LogP contribution >= 0.6 is 0 Å². The summed E-state index contributed by atoms with van der Waals surface area (Å²) in [5, 5.41) is 0. The molecule has 1 aliphatic carbocycles. The van der Waals surface area contributed by atoms with Crippen LogP contribution in [-0.4, -0.2) is 0 Å². The molecule has 0 fully saturated rings. The second-order valence-corrected chi connectivity index (χ2v) is 1.88. The van der Waals surface area contributed by atoms with E-state index in [0.717, 1.165) is 0 Å². The zero-order valence-corrected chi connectivity index (χ0v) is 4.39. The molecule has 0 saturated carbocycles. The van der Waals surface area contributed by atoms with Crippen LogP contribution in [0.1, 0.15) is 11.1 Å². The van der Waals surface area contributed by atoms with Gasteiger partial charge in [0, 0.05) is 0 Å². The van der Waals surface area contributed by atoms with Gasteiger partial charge in [0.05, 0.1) is 0 Å². The molecule has 0 atom stereocenters. The molecule has 0 bridgehead atoms. The highest BCUT2D eigenvalue weighted by molar-refractivity contribution is 5.65. The van der Waals surface area contributed by atoms with Gasteiger partial charge in [0.25, 0.3) is 0 Å². The molecule has 0 radical (unpaired) electrons. The Morgan fingerprint density at radius 3 is 2.38 bits per heavy atom. The number of benzene rings is 1. The molecule has 0 aromatic heterocycles. The van der Waals surface area contributed by atoms with Gasteiger partial charge in [-0.3, -0.25) is 0 Å². The molecule has 0 spiro atoms. The highest BCUT2D eigenvalue weighted by Crippen LogP contribution is 2.18. The van der Waals surface area contributed by atoms with Crippen LogP contribution in [0.25, 0.3) is 6.08 Å². The van der Waals surface area contributed by atoms with E-state index in [2.05, 4.69) is 18.2 Å². The third kappa shape index (κ3) is 0.348. The predicted molar refractivity (Wildman–Crippen MR) is 33.3 cm³/mol. The summed E-state index contributed by atoms with van der Waals surface area (Å²) in [5.41, 5.74) is 2.56. The maximum Gasteiger partial charge on any atom is -0.0801 e. The molecule has 1 aliphatic rings. The van der Waals surface area contributed by atoms with E-state index in [4.69, 9.17) is 0 Å². The minimum atomic E-state index is 1.24. The van der Waals surface area contributed by atoms with E-state index in [1.807, 2.05) is 18.2 Å². The number of rotatable bonds is 0. The molecule has 2 rings (SSSR count). The summed E-state index contributed by atoms with van der Waals surface area (Å²) in [4.78, 5) is 0. The van der Waals surface area contributed by atoms with Crippen LogP contribution in [0.3, 0.4) is 0 Å². The van der Waals surface area contributed by atoms with Gasteiger partial charge in [0.15, 0.2) is 0 Å². The minimum absolute atomic E-state index is 1.24. The minimum Gasteiger partial charge on any atom is -0.143 e. The smallest absolute Gasteiger partial charge is 0.0801 e. The lowest BCUT2D eigenvalue weighted by Gasteiger charge is -2.15. The van der Waals surface area contributed by atoms with Crippen molar-refractivity contribution in [1.82, 2.24) is 0 Å². The van der Waals surface area contributed by atoms with E-state index < -0.39 is 0 Å². The second kappa shape index (κ2) is 1.22. The maximum atomic E-state index is 3.06. The summed E-state index contributed by atoms with van der Waals surface area (Å²) in [6.07, 6.45) is 5.06. The van der Waals surface area contributed by atoms with Crippen molar-refractivity contribution >= 4 is 6.08 Å². The number of fused-ring (bicyclic) bond motifs is 1. The fourth-order valence-electron chi connectivity index (χ4n) is 0.832. The maximum absolute atomic E-state index is 3.06. The molecule has 0 N–H and O–H groups in total. The molecule has 0 nitrogen and oxygen atoms in total. The number of hydrogen-bond donors (Lipinski definition) is 0. The highest BCUT2D eigenvalue weighted by Gasteiger charge is 1.90. The zero-order valence-electron chi connectivity index (χ0n) is 4.39. The van der Waals surface area contributed by atoms with Crippen LogP contribution in [0.5, 0.6) is 0 Å².